The van der Waals surface area contributed by atoms with Gasteiger partial charge >= 0.3 is 0 Å². The van der Waals surface area contributed by atoms with Gasteiger partial charge in [0, 0.05) is 18.6 Å². The molecule has 0 heterocycles. The van der Waals surface area contributed by atoms with Crippen LogP contribution in [0, 0.1) is 5.92 Å². The van der Waals surface area contributed by atoms with E-state index in [9.17, 15) is 0 Å². The van der Waals surface area contributed by atoms with Crippen molar-refractivity contribution in [2.24, 2.45) is 11.7 Å². The largest absolute Gasteiger partial charge is 0.324 e. The van der Waals surface area contributed by atoms with Gasteiger partial charge in [0.2, 0.25) is 0 Å². The maximum absolute atomic E-state index is 6.26. The molecule has 0 aliphatic heterocycles. The summed E-state index contributed by atoms with van der Waals surface area (Å²) in [5, 5.41) is 0. The third-order valence-electron chi connectivity index (χ3n) is 3.26. The Balaban J connectivity index is 2.58. The molecule has 0 radical (unpaired) electrons. The van der Waals surface area contributed by atoms with Crippen LogP contribution < -0.4 is 5.73 Å². The Kier molecular flexibility index (Phi) is 4.97. The Bertz CT molecular complexity index is 295. The average molecular weight is 220 g/mol. The summed E-state index contributed by atoms with van der Waals surface area (Å²) >= 11 is 0. The lowest BCUT2D eigenvalue weighted by Gasteiger charge is -2.28. The summed E-state index contributed by atoms with van der Waals surface area (Å²) in [5.41, 5.74) is 7.49. The normalized spacial score (nSPS) is 15.4. The molecule has 2 unspecified atom stereocenters. The number of nitrogens with zero attached hydrogens (tertiary/aromatic N) is 1. The molecule has 2 heteroatoms. The summed E-state index contributed by atoms with van der Waals surface area (Å²) in [6, 6.07) is 11.0. The fraction of sp³-hybridized carbons (Fsp3) is 0.571. The fourth-order valence-corrected chi connectivity index (χ4v) is 1.78. The van der Waals surface area contributed by atoms with E-state index in [4.69, 9.17) is 5.73 Å². The van der Waals surface area contributed by atoms with E-state index in [1.807, 2.05) is 18.2 Å². The second-order valence-electron chi connectivity index (χ2n) is 4.95. The quantitative estimate of drug-likeness (QED) is 0.826. The van der Waals surface area contributed by atoms with Crippen LogP contribution in [0.4, 0.5) is 0 Å². The molecular formula is C14H24N2. The summed E-state index contributed by atoms with van der Waals surface area (Å²) < 4.78 is 0. The molecule has 90 valence electrons. The minimum Gasteiger partial charge on any atom is -0.324 e. The first-order chi connectivity index (χ1) is 7.52. The van der Waals surface area contributed by atoms with E-state index in [2.05, 4.69) is 44.9 Å². The Morgan fingerprint density at radius 2 is 1.69 bits per heavy atom. The SMILES string of the molecule is CC(CN(C)C(C)C)C(N)c1ccccc1. The molecule has 0 spiro atoms. The summed E-state index contributed by atoms with van der Waals surface area (Å²) in [6.45, 7) is 7.67. The van der Waals surface area contributed by atoms with Gasteiger partial charge in [0.1, 0.15) is 0 Å². The van der Waals surface area contributed by atoms with Crippen LogP contribution in [-0.2, 0) is 0 Å². The van der Waals surface area contributed by atoms with Gasteiger partial charge in [-0.15, -0.1) is 0 Å². The van der Waals surface area contributed by atoms with Crippen molar-refractivity contribution >= 4 is 0 Å². The van der Waals surface area contributed by atoms with E-state index in [0.29, 0.717) is 12.0 Å². The highest BCUT2D eigenvalue weighted by Gasteiger charge is 2.17. The van der Waals surface area contributed by atoms with Gasteiger partial charge in [-0.1, -0.05) is 37.3 Å². The average Bonchev–Trinajstić information content (AvgIpc) is 2.28. The van der Waals surface area contributed by atoms with Gasteiger partial charge in [-0.3, -0.25) is 0 Å². The van der Waals surface area contributed by atoms with Crippen LogP contribution in [-0.4, -0.2) is 24.5 Å². The van der Waals surface area contributed by atoms with Crippen molar-refractivity contribution in [3.05, 3.63) is 35.9 Å². The lowest BCUT2D eigenvalue weighted by Crippen LogP contribution is -2.35. The molecule has 1 aromatic carbocycles. The van der Waals surface area contributed by atoms with Crippen molar-refractivity contribution in [1.29, 1.82) is 0 Å². The lowest BCUT2D eigenvalue weighted by molar-refractivity contribution is 0.222. The Hall–Kier alpha value is -0.860. The van der Waals surface area contributed by atoms with Gasteiger partial charge in [0.05, 0.1) is 0 Å². The van der Waals surface area contributed by atoms with Gasteiger partial charge in [-0.2, -0.15) is 0 Å². The van der Waals surface area contributed by atoms with Crippen LogP contribution in [0.3, 0.4) is 0 Å². The molecule has 2 N–H and O–H groups in total. The predicted molar refractivity (Wildman–Crippen MR) is 70.3 cm³/mol. The zero-order chi connectivity index (χ0) is 12.1. The topological polar surface area (TPSA) is 29.3 Å². The number of hydrogen-bond acceptors (Lipinski definition) is 2. The molecule has 0 aliphatic rings. The molecule has 0 aliphatic carbocycles. The van der Waals surface area contributed by atoms with Gasteiger partial charge in [0.15, 0.2) is 0 Å². The first-order valence-corrected chi connectivity index (χ1v) is 6.03. The molecule has 0 saturated carbocycles. The second kappa shape index (κ2) is 6.02. The Morgan fingerprint density at radius 3 is 2.19 bits per heavy atom. The Morgan fingerprint density at radius 1 is 1.12 bits per heavy atom. The van der Waals surface area contributed by atoms with E-state index in [0.717, 1.165) is 6.54 Å². The zero-order valence-corrected chi connectivity index (χ0v) is 10.9. The van der Waals surface area contributed by atoms with Crippen LogP contribution >= 0.6 is 0 Å². The van der Waals surface area contributed by atoms with Crippen LogP contribution in [0.2, 0.25) is 0 Å². The molecule has 16 heavy (non-hydrogen) atoms. The summed E-state index contributed by atoms with van der Waals surface area (Å²) in [5.74, 6) is 0.467. The molecule has 0 aromatic heterocycles. The molecule has 2 nitrogen and oxygen atoms in total. The van der Waals surface area contributed by atoms with Crippen molar-refractivity contribution in [2.45, 2.75) is 32.9 Å². The van der Waals surface area contributed by atoms with Gasteiger partial charge in [-0.05, 0) is 32.4 Å². The molecule has 0 amide bonds. The lowest BCUT2D eigenvalue weighted by atomic mass is 9.95. The summed E-state index contributed by atoms with van der Waals surface area (Å²) in [7, 11) is 2.15. The Labute approximate surface area is 99.5 Å². The summed E-state index contributed by atoms with van der Waals surface area (Å²) in [4.78, 5) is 2.34. The smallest absolute Gasteiger partial charge is 0.0333 e. The van der Waals surface area contributed by atoms with E-state index >= 15 is 0 Å². The van der Waals surface area contributed by atoms with Crippen LogP contribution in [0.5, 0.6) is 0 Å². The first-order valence-electron chi connectivity index (χ1n) is 6.03. The maximum Gasteiger partial charge on any atom is 0.0333 e. The molecule has 2 atom stereocenters. The maximum atomic E-state index is 6.26. The first kappa shape index (κ1) is 13.2. The number of hydrogen-bond donors (Lipinski definition) is 1. The highest BCUT2D eigenvalue weighted by Crippen LogP contribution is 2.19. The number of rotatable bonds is 5. The van der Waals surface area contributed by atoms with Gasteiger partial charge < -0.3 is 10.6 Å². The molecular weight excluding hydrogens is 196 g/mol. The molecule has 0 saturated heterocycles. The van der Waals surface area contributed by atoms with E-state index < -0.39 is 0 Å². The van der Waals surface area contributed by atoms with E-state index in [-0.39, 0.29) is 6.04 Å². The standard InChI is InChI=1S/C14H24N2/c1-11(2)16(4)10-12(3)14(15)13-8-6-5-7-9-13/h5-9,11-12,14H,10,15H2,1-4H3. The van der Waals surface area contributed by atoms with Crippen molar-refractivity contribution in [3.8, 4) is 0 Å². The van der Waals surface area contributed by atoms with Gasteiger partial charge in [-0.25, -0.2) is 0 Å². The van der Waals surface area contributed by atoms with E-state index in [1.165, 1.54) is 5.56 Å². The van der Waals surface area contributed by atoms with E-state index in [1.54, 1.807) is 0 Å². The third kappa shape index (κ3) is 3.62. The van der Waals surface area contributed by atoms with Crippen molar-refractivity contribution in [3.63, 3.8) is 0 Å². The highest BCUT2D eigenvalue weighted by molar-refractivity contribution is 5.19. The van der Waals surface area contributed by atoms with Gasteiger partial charge in [0.25, 0.3) is 0 Å². The van der Waals surface area contributed by atoms with Crippen LogP contribution in [0.25, 0.3) is 0 Å². The molecule has 1 aromatic rings. The third-order valence-corrected chi connectivity index (χ3v) is 3.26. The minimum absolute atomic E-state index is 0.127. The number of benzene rings is 1. The fourth-order valence-electron chi connectivity index (χ4n) is 1.78. The monoisotopic (exact) mass is 220 g/mol. The molecule has 0 bridgehead atoms. The predicted octanol–water partition coefficient (Wildman–Crippen LogP) is 2.66. The molecule has 0 fully saturated rings. The van der Waals surface area contributed by atoms with Crippen LogP contribution in [0.15, 0.2) is 30.3 Å². The number of nitrogens with two attached hydrogens (primary N) is 1. The highest BCUT2D eigenvalue weighted by atomic mass is 15.1. The second-order valence-corrected chi connectivity index (χ2v) is 4.95. The minimum atomic E-state index is 0.127. The van der Waals surface area contributed by atoms with Crippen molar-refractivity contribution < 1.29 is 0 Å². The van der Waals surface area contributed by atoms with Crippen molar-refractivity contribution in [1.82, 2.24) is 4.90 Å². The van der Waals surface area contributed by atoms with Crippen molar-refractivity contribution in [2.75, 3.05) is 13.6 Å². The van der Waals surface area contributed by atoms with Crippen LogP contribution in [0.1, 0.15) is 32.4 Å². The summed E-state index contributed by atoms with van der Waals surface area (Å²) in [6.07, 6.45) is 0. The zero-order valence-electron chi connectivity index (χ0n) is 10.9. The molecule has 1 rings (SSSR count).